The lowest BCUT2D eigenvalue weighted by atomic mass is 9.91. The number of carbonyl (C=O) groups is 1. The Kier molecular flexibility index (Phi) is 4.60. The van der Waals surface area contributed by atoms with Crippen LogP contribution in [0, 0.1) is 0 Å². The molecule has 1 aromatic heterocycles. The third-order valence-corrected chi connectivity index (χ3v) is 4.05. The highest BCUT2D eigenvalue weighted by Crippen LogP contribution is 2.24. The molecule has 110 valence electrons. The van der Waals surface area contributed by atoms with Gasteiger partial charge in [0.2, 0.25) is 5.56 Å². The van der Waals surface area contributed by atoms with Crippen LogP contribution in [0.1, 0.15) is 48.9 Å². The van der Waals surface area contributed by atoms with Crippen LogP contribution in [0.15, 0.2) is 23.1 Å². The van der Waals surface area contributed by atoms with Crippen LogP contribution >= 0.6 is 0 Å². The number of aromatic nitrogens is 1. The van der Waals surface area contributed by atoms with Gasteiger partial charge in [-0.1, -0.05) is 25.7 Å². The van der Waals surface area contributed by atoms with E-state index in [0.717, 1.165) is 25.7 Å². The Morgan fingerprint density at radius 3 is 2.55 bits per heavy atom. The van der Waals surface area contributed by atoms with E-state index in [-0.39, 0.29) is 17.0 Å². The van der Waals surface area contributed by atoms with Gasteiger partial charge in [-0.15, -0.1) is 0 Å². The molecule has 5 nitrogen and oxygen atoms in total. The Bertz CT molecular complexity index is 528. The topological polar surface area (TPSA) is 77.1 Å². The lowest BCUT2D eigenvalue weighted by molar-refractivity contribution is 0.0940. The van der Waals surface area contributed by atoms with Gasteiger partial charge in [0.05, 0.1) is 5.56 Å². The lowest BCUT2D eigenvalue weighted by Gasteiger charge is -2.28. The molecular weight excluding hydrogens is 254 g/mol. The Labute approximate surface area is 119 Å². The molecule has 1 aliphatic rings. The van der Waals surface area contributed by atoms with E-state index in [1.165, 1.54) is 23.5 Å². The fourth-order valence-corrected chi connectivity index (χ4v) is 2.70. The molecule has 0 aromatic carbocycles. The first-order chi connectivity index (χ1) is 9.50. The molecule has 0 spiro atoms. The van der Waals surface area contributed by atoms with E-state index in [9.17, 15) is 9.59 Å². The highest BCUT2D eigenvalue weighted by Gasteiger charge is 2.26. The summed E-state index contributed by atoms with van der Waals surface area (Å²) in [5.41, 5.74) is 6.45. The van der Waals surface area contributed by atoms with Gasteiger partial charge >= 0.3 is 0 Å². The van der Waals surface area contributed by atoms with Crippen molar-refractivity contribution in [3.05, 3.63) is 34.2 Å². The van der Waals surface area contributed by atoms with Crippen LogP contribution in [0.2, 0.25) is 0 Å². The normalized spacial score (nSPS) is 18.3. The van der Waals surface area contributed by atoms with Crippen molar-refractivity contribution in [3.8, 4) is 0 Å². The molecule has 3 N–H and O–H groups in total. The summed E-state index contributed by atoms with van der Waals surface area (Å²) in [7, 11) is 1.63. The smallest absolute Gasteiger partial charge is 0.252 e. The zero-order valence-electron chi connectivity index (χ0n) is 12.0. The summed E-state index contributed by atoms with van der Waals surface area (Å²) in [5.74, 6) is -0.172. The van der Waals surface area contributed by atoms with E-state index in [1.54, 1.807) is 19.3 Å². The number of hydrogen-bond donors (Lipinski definition) is 2. The summed E-state index contributed by atoms with van der Waals surface area (Å²) < 4.78 is 1.40. The van der Waals surface area contributed by atoms with Gasteiger partial charge in [0.25, 0.3) is 5.91 Å². The maximum atomic E-state index is 12.1. The minimum absolute atomic E-state index is 0.124. The fraction of sp³-hybridized carbons (Fsp3) is 0.600. The lowest BCUT2D eigenvalue weighted by Crippen LogP contribution is -2.49. The zero-order valence-corrected chi connectivity index (χ0v) is 12.0. The molecule has 1 aliphatic carbocycles. The maximum absolute atomic E-state index is 12.1. The van der Waals surface area contributed by atoms with Crippen LogP contribution in [0.3, 0.4) is 0 Å². The zero-order chi connectivity index (χ0) is 14.6. The van der Waals surface area contributed by atoms with Gasteiger partial charge < -0.3 is 15.6 Å². The third kappa shape index (κ3) is 3.70. The van der Waals surface area contributed by atoms with Gasteiger partial charge in [-0.25, -0.2) is 0 Å². The monoisotopic (exact) mass is 277 g/mol. The molecule has 0 aliphatic heterocycles. The Morgan fingerprint density at radius 2 is 1.95 bits per heavy atom. The largest absolute Gasteiger partial charge is 0.350 e. The second-order valence-corrected chi connectivity index (χ2v) is 5.83. The summed E-state index contributed by atoms with van der Waals surface area (Å²) in [6, 6.07) is 2.95. The summed E-state index contributed by atoms with van der Waals surface area (Å²) >= 11 is 0. The molecular formula is C15H23N3O2. The van der Waals surface area contributed by atoms with E-state index in [1.807, 2.05) is 0 Å². The molecule has 0 unspecified atom stereocenters. The molecule has 0 radical (unpaired) electrons. The molecule has 0 atom stereocenters. The molecule has 1 fully saturated rings. The van der Waals surface area contributed by atoms with Gasteiger partial charge in [0.15, 0.2) is 0 Å². The number of nitrogens with two attached hydrogens (primary N) is 1. The van der Waals surface area contributed by atoms with Gasteiger partial charge in [-0.05, 0) is 18.9 Å². The van der Waals surface area contributed by atoms with Crippen LogP contribution in [0.25, 0.3) is 0 Å². The number of rotatable bonds is 3. The summed E-state index contributed by atoms with van der Waals surface area (Å²) in [6.07, 6.45) is 8.19. The summed E-state index contributed by atoms with van der Waals surface area (Å²) in [5, 5.41) is 2.90. The first kappa shape index (κ1) is 14.8. The third-order valence-electron chi connectivity index (χ3n) is 4.05. The molecule has 0 saturated heterocycles. The van der Waals surface area contributed by atoms with Crippen LogP contribution < -0.4 is 16.6 Å². The van der Waals surface area contributed by atoms with Gasteiger partial charge in [-0.2, -0.15) is 0 Å². The Morgan fingerprint density at radius 1 is 1.30 bits per heavy atom. The standard InChI is InChI=1S/C15H23N3O2/c1-18-10-12(6-7-13(18)19)14(20)17-11-15(16)8-4-2-3-5-9-15/h6-7,10H,2-5,8-9,11,16H2,1H3,(H,17,20). The van der Waals surface area contributed by atoms with E-state index >= 15 is 0 Å². The van der Waals surface area contributed by atoms with Crippen molar-refractivity contribution < 1.29 is 4.79 Å². The second-order valence-electron chi connectivity index (χ2n) is 5.83. The SMILES string of the molecule is Cn1cc(C(=O)NCC2(N)CCCCCC2)ccc1=O. The van der Waals surface area contributed by atoms with Crippen molar-refractivity contribution in [1.82, 2.24) is 9.88 Å². The number of hydrogen-bond acceptors (Lipinski definition) is 3. The number of aryl methyl sites for hydroxylation is 1. The van der Waals surface area contributed by atoms with Gasteiger partial charge in [0.1, 0.15) is 0 Å². The molecule has 20 heavy (non-hydrogen) atoms. The number of amides is 1. The maximum Gasteiger partial charge on any atom is 0.252 e. The minimum Gasteiger partial charge on any atom is -0.350 e. The first-order valence-electron chi connectivity index (χ1n) is 7.24. The predicted octanol–water partition coefficient (Wildman–Crippen LogP) is 1.17. The molecule has 1 amide bonds. The quantitative estimate of drug-likeness (QED) is 0.814. The van der Waals surface area contributed by atoms with Crippen molar-refractivity contribution in [3.63, 3.8) is 0 Å². The molecule has 0 bridgehead atoms. The number of pyridine rings is 1. The molecule has 5 heteroatoms. The molecule has 1 saturated carbocycles. The van der Waals surface area contributed by atoms with Crippen LogP contribution in [-0.4, -0.2) is 22.6 Å². The van der Waals surface area contributed by atoms with E-state index < -0.39 is 0 Å². The Hall–Kier alpha value is -1.62. The number of carbonyl (C=O) groups excluding carboxylic acids is 1. The highest BCUT2D eigenvalue weighted by molar-refractivity contribution is 5.93. The van der Waals surface area contributed by atoms with Crippen LogP contribution in [0.5, 0.6) is 0 Å². The van der Waals surface area contributed by atoms with Crippen molar-refractivity contribution in [2.24, 2.45) is 12.8 Å². The van der Waals surface area contributed by atoms with Crippen molar-refractivity contribution in [1.29, 1.82) is 0 Å². The Balaban J connectivity index is 1.97. The molecule has 1 heterocycles. The first-order valence-corrected chi connectivity index (χ1v) is 7.24. The predicted molar refractivity (Wildman–Crippen MR) is 78.6 cm³/mol. The number of nitrogens with zero attached hydrogens (tertiary/aromatic N) is 1. The minimum atomic E-state index is -0.285. The van der Waals surface area contributed by atoms with Gasteiger partial charge in [-0.3, -0.25) is 9.59 Å². The number of nitrogens with one attached hydrogen (secondary N) is 1. The van der Waals surface area contributed by atoms with E-state index in [4.69, 9.17) is 5.73 Å². The van der Waals surface area contributed by atoms with Gasteiger partial charge in [0, 0.05) is 31.4 Å². The second kappa shape index (κ2) is 6.22. The van der Waals surface area contributed by atoms with Crippen molar-refractivity contribution >= 4 is 5.91 Å². The molecule has 2 rings (SSSR count). The van der Waals surface area contributed by atoms with Crippen LogP contribution in [-0.2, 0) is 7.05 Å². The van der Waals surface area contributed by atoms with E-state index in [0.29, 0.717) is 12.1 Å². The summed E-state index contributed by atoms with van der Waals surface area (Å²) in [4.78, 5) is 23.4. The van der Waals surface area contributed by atoms with Crippen LogP contribution in [0.4, 0.5) is 0 Å². The average molecular weight is 277 g/mol. The van der Waals surface area contributed by atoms with Crippen molar-refractivity contribution in [2.45, 2.75) is 44.1 Å². The van der Waals surface area contributed by atoms with E-state index in [2.05, 4.69) is 5.32 Å². The highest BCUT2D eigenvalue weighted by atomic mass is 16.2. The van der Waals surface area contributed by atoms with Crippen molar-refractivity contribution in [2.75, 3.05) is 6.54 Å². The summed E-state index contributed by atoms with van der Waals surface area (Å²) in [6.45, 7) is 0.495. The molecule has 1 aromatic rings. The average Bonchev–Trinajstić information content (AvgIpc) is 2.65. The fourth-order valence-electron chi connectivity index (χ4n) is 2.70.